The maximum atomic E-state index is 13.6. The van der Waals surface area contributed by atoms with Crippen molar-refractivity contribution in [1.29, 1.82) is 0 Å². The molecule has 188 valence electrons. The Morgan fingerprint density at radius 1 is 1.17 bits per heavy atom. The summed E-state index contributed by atoms with van der Waals surface area (Å²) in [5.74, 6) is -0.205. The zero-order chi connectivity index (χ0) is 25.8. The molecule has 1 aliphatic heterocycles. The van der Waals surface area contributed by atoms with Crippen molar-refractivity contribution in [2.24, 2.45) is 5.92 Å². The van der Waals surface area contributed by atoms with Gasteiger partial charge in [-0.05, 0) is 37.6 Å². The minimum absolute atomic E-state index is 0.104. The molecule has 7 heteroatoms. The van der Waals surface area contributed by atoms with Crippen LogP contribution in [0, 0.1) is 12.8 Å². The molecule has 36 heavy (non-hydrogen) atoms. The minimum atomic E-state index is -0.402. The number of aryl methyl sites for hydroxylation is 1. The predicted octanol–water partition coefficient (Wildman–Crippen LogP) is 4.05. The first-order valence-electron chi connectivity index (χ1n) is 12.2. The van der Waals surface area contributed by atoms with Gasteiger partial charge in [-0.15, -0.1) is 0 Å². The number of ether oxygens (including phenoxy) is 1. The molecule has 7 nitrogen and oxygen atoms in total. The molecule has 0 fully saturated rings. The van der Waals surface area contributed by atoms with Gasteiger partial charge in [0.25, 0.3) is 11.8 Å². The number of hydrogen-bond acceptors (Lipinski definition) is 5. The van der Waals surface area contributed by atoms with Gasteiger partial charge in [0.1, 0.15) is 11.7 Å². The Kier molecular flexibility index (Phi) is 7.70. The lowest BCUT2D eigenvalue weighted by atomic mass is 9.98. The largest absolute Gasteiger partial charge is 0.472 e. The summed E-state index contributed by atoms with van der Waals surface area (Å²) in [6.07, 6.45) is 1.30. The van der Waals surface area contributed by atoms with Crippen LogP contribution >= 0.6 is 0 Å². The number of nitrogens with zero attached hydrogens (tertiary/aromatic N) is 3. The van der Waals surface area contributed by atoms with Crippen LogP contribution in [0.5, 0.6) is 5.88 Å². The first kappa shape index (κ1) is 25.4. The Balaban J connectivity index is 1.68. The van der Waals surface area contributed by atoms with Crippen LogP contribution in [0.25, 0.3) is 11.1 Å². The summed E-state index contributed by atoms with van der Waals surface area (Å²) in [5.41, 5.74) is 3.86. The molecule has 3 aromatic rings. The van der Waals surface area contributed by atoms with Gasteiger partial charge in [0.05, 0.1) is 19.2 Å². The van der Waals surface area contributed by atoms with Gasteiger partial charge >= 0.3 is 0 Å². The molecule has 3 atom stereocenters. The quantitative estimate of drug-likeness (QED) is 0.567. The van der Waals surface area contributed by atoms with E-state index in [4.69, 9.17) is 4.74 Å². The molecule has 0 unspecified atom stereocenters. The molecule has 0 spiro atoms. The number of likely N-dealkylation sites (N-methyl/N-ethyl adjacent to an activating group) is 1. The summed E-state index contributed by atoms with van der Waals surface area (Å²) in [5, 5.41) is 9.88. The first-order valence-corrected chi connectivity index (χ1v) is 12.2. The molecule has 4 rings (SSSR count). The minimum Gasteiger partial charge on any atom is -0.472 e. The second-order valence-electron chi connectivity index (χ2n) is 9.62. The summed E-state index contributed by atoms with van der Waals surface area (Å²) in [7, 11) is 1.75. The Bertz CT molecular complexity index is 1210. The Morgan fingerprint density at radius 3 is 2.53 bits per heavy atom. The number of carbonyl (C=O) groups excluding carboxylic acids is 2. The molecule has 0 saturated carbocycles. The zero-order valence-corrected chi connectivity index (χ0v) is 21.2. The number of benzene rings is 2. The summed E-state index contributed by atoms with van der Waals surface area (Å²) in [4.78, 5) is 34.5. The molecule has 2 aromatic carbocycles. The third kappa shape index (κ3) is 5.41. The second kappa shape index (κ2) is 10.9. The topological polar surface area (TPSA) is 83.0 Å². The number of rotatable bonds is 6. The summed E-state index contributed by atoms with van der Waals surface area (Å²) in [6.45, 7) is 6.38. The van der Waals surface area contributed by atoms with Crippen molar-refractivity contribution in [2.75, 3.05) is 26.7 Å². The standard InChI is InChI=1S/C29H33N3O4/c1-19-10-12-22(13-11-19)24-14-25-27(30-15-24)36-26(20(2)16-32(29(25)35)21(3)18-33)17-31(4)28(34)23-8-6-5-7-9-23/h5-15,20-21,26,33H,16-18H2,1-4H3/t20-,21-,26-/m0/s1. The van der Waals surface area contributed by atoms with E-state index in [0.29, 0.717) is 24.2 Å². The van der Waals surface area contributed by atoms with Crippen LogP contribution in [0.15, 0.2) is 66.9 Å². The van der Waals surface area contributed by atoms with Crippen molar-refractivity contribution in [3.8, 4) is 17.0 Å². The van der Waals surface area contributed by atoms with Crippen LogP contribution in [0.3, 0.4) is 0 Å². The number of hydrogen-bond donors (Lipinski definition) is 1. The van der Waals surface area contributed by atoms with Crippen molar-refractivity contribution < 1.29 is 19.4 Å². The molecule has 2 heterocycles. The first-order chi connectivity index (χ1) is 17.3. The van der Waals surface area contributed by atoms with Crippen LogP contribution in [0.2, 0.25) is 0 Å². The van der Waals surface area contributed by atoms with E-state index in [0.717, 1.165) is 16.7 Å². The van der Waals surface area contributed by atoms with Crippen LogP contribution in [0.1, 0.15) is 40.1 Å². The average Bonchev–Trinajstić information content (AvgIpc) is 2.90. The van der Waals surface area contributed by atoms with E-state index < -0.39 is 6.10 Å². The SMILES string of the molecule is Cc1ccc(-c2cnc3c(c2)C(=O)N([C@@H](C)CO)C[C@H](C)[C@H](CN(C)C(=O)c2ccccc2)O3)cc1. The normalized spacial score (nSPS) is 18.5. The predicted molar refractivity (Wildman–Crippen MR) is 139 cm³/mol. The highest BCUT2D eigenvalue weighted by molar-refractivity contribution is 5.98. The third-order valence-corrected chi connectivity index (χ3v) is 6.73. The molecule has 0 radical (unpaired) electrons. The van der Waals surface area contributed by atoms with Crippen molar-refractivity contribution in [3.63, 3.8) is 0 Å². The smallest absolute Gasteiger partial charge is 0.259 e. The number of carbonyl (C=O) groups is 2. The van der Waals surface area contributed by atoms with Gasteiger partial charge in [-0.2, -0.15) is 0 Å². The van der Waals surface area contributed by atoms with Crippen LogP contribution < -0.4 is 4.74 Å². The lowest BCUT2D eigenvalue weighted by molar-refractivity contribution is 0.0313. The van der Waals surface area contributed by atoms with Crippen LogP contribution in [-0.2, 0) is 0 Å². The maximum absolute atomic E-state index is 13.6. The van der Waals surface area contributed by atoms with Gasteiger partial charge in [-0.1, -0.05) is 55.0 Å². The number of amides is 2. The van der Waals surface area contributed by atoms with Gasteiger partial charge in [0.2, 0.25) is 5.88 Å². The van der Waals surface area contributed by atoms with E-state index in [9.17, 15) is 14.7 Å². The van der Waals surface area contributed by atoms with Crippen molar-refractivity contribution in [1.82, 2.24) is 14.8 Å². The molecule has 0 bridgehead atoms. The highest BCUT2D eigenvalue weighted by Crippen LogP contribution is 2.30. The van der Waals surface area contributed by atoms with E-state index in [1.54, 1.807) is 41.2 Å². The van der Waals surface area contributed by atoms with Gasteiger partial charge in [-0.3, -0.25) is 9.59 Å². The fourth-order valence-corrected chi connectivity index (χ4v) is 4.38. The maximum Gasteiger partial charge on any atom is 0.259 e. The van der Waals surface area contributed by atoms with E-state index in [1.807, 2.05) is 63.2 Å². The number of aliphatic hydroxyl groups excluding tert-OH is 1. The summed E-state index contributed by atoms with van der Waals surface area (Å²) in [6, 6.07) is 18.6. The molecular weight excluding hydrogens is 454 g/mol. The highest BCUT2D eigenvalue weighted by atomic mass is 16.5. The zero-order valence-electron chi connectivity index (χ0n) is 21.2. The molecule has 1 aliphatic rings. The monoisotopic (exact) mass is 487 g/mol. The van der Waals surface area contributed by atoms with Gasteiger partial charge in [0.15, 0.2) is 0 Å². The number of aromatic nitrogens is 1. The lowest BCUT2D eigenvalue weighted by Crippen LogP contribution is -2.50. The molecule has 1 N–H and O–H groups in total. The lowest BCUT2D eigenvalue weighted by Gasteiger charge is -2.37. The van der Waals surface area contributed by atoms with Gasteiger partial charge < -0.3 is 19.6 Å². The molecular formula is C29H33N3O4. The summed E-state index contributed by atoms with van der Waals surface area (Å²) >= 11 is 0. The van der Waals surface area contributed by atoms with E-state index in [2.05, 4.69) is 4.98 Å². The number of aliphatic hydroxyl groups is 1. The number of fused-ring (bicyclic) bond motifs is 1. The van der Waals surface area contributed by atoms with Crippen LogP contribution in [0.4, 0.5) is 0 Å². The second-order valence-corrected chi connectivity index (χ2v) is 9.62. The average molecular weight is 488 g/mol. The molecule has 0 saturated heterocycles. The fourth-order valence-electron chi connectivity index (χ4n) is 4.38. The highest BCUT2D eigenvalue weighted by Gasteiger charge is 2.34. The van der Waals surface area contributed by atoms with E-state index in [1.165, 1.54) is 0 Å². The Labute approximate surface area is 212 Å². The van der Waals surface area contributed by atoms with Crippen molar-refractivity contribution >= 4 is 11.8 Å². The van der Waals surface area contributed by atoms with Gasteiger partial charge in [0, 0.05) is 36.8 Å². The Morgan fingerprint density at radius 2 is 1.86 bits per heavy atom. The van der Waals surface area contributed by atoms with Crippen molar-refractivity contribution in [2.45, 2.75) is 32.9 Å². The number of pyridine rings is 1. The molecule has 1 aromatic heterocycles. The van der Waals surface area contributed by atoms with Gasteiger partial charge in [-0.25, -0.2) is 4.98 Å². The molecule has 0 aliphatic carbocycles. The fraction of sp³-hybridized carbons (Fsp3) is 0.345. The third-order valence-electron chi connectivity index (χ3n) is 6.73. The van der Waals surface area contributed by atoms with E-state index >= 15 is 0 Å². The van der Waals surface area contributed by atoms with E-state index in [-0.39, 0.29) is 36.3 Å². The summed E-state index contributed by atoms with van der Waals surface area (Å²) < 4.78 is 6.33. The van der Waals surface area contributed by atoms with Crippen molar-refractivity contribution in [3.05, 3.63) is 83.6 Å². The Hall–Kier alpha value is -3.71. The molecule has 2 amide bonds. The van der Waals surface area contributed by atoms with Crippen LogP contribution in [-0.4, -0.2) is 70.6 Å².